The summed E-state index contributed by atoms with van der Waals surface area (Å²) >= 11 is 11.0. The number of halogens is 2. The van der Waals surface area contributed by atoms with Gasteiger partial charge in [-0.1, -0.05) is 38.1 Å². The van der Waals surface area contributed by atoms with Crippen molar-refractivity contribution < 1.29 is 0 Å². The van der Waals surface area contributed by atoms with Crippen molar-refractivity contribution >= 4 is 39.1 Å². The van der Waals surface area contributed by atoms with E-state index in [-0.39, 0.29) is 6.04 Å². The molecule has 1 aromatic heterocycles. The van der Waals surface area contributed by atoms with E-state index in [4.69, 9.17) is 11.6 Å². The van der Waals surface area contributed by atoms with Gasteiger partial charge in [0, 0.05) is 15.5 Å². The molecule has 2 aromatic rings. The van der Waals surface area contributed by atoms with Crippen molar-refractivity contribution in [3.63, 3.8) is 0 Å². The summed E-state index contributed by atoms with van der Waals surface area (Å²) in [5.74, 6) is 0. The first-order chi connectivity index (χ1) is 8.20. The Kier molecular flexibility index (Phi) is 4.50. The van der Waals surface area contributed by atoms with E-state index >= 15 is 0 Å². The average Bonchev–Trinajstić information content (AvgIpc) is 2.81. The van der Waals surface area contributed by atoms with Crippen LogP contribution in [-0.2, 0) is 6.42 Å². The van der Waals surface area contributed by atoms with Gasteiger partial charge >= 0.3 is 0 Å². The predicted molar refractivity (Wildman–Crippen MR) is 74.6 cm³/mol. The van der Waals surface area contributed by atoms with Crippen LogP contribution in [-0.4, -0.2) is 16.6 Å². The summed E-state index contributed by atoms with van der Waals surface area (Å²) in [6.45, 7) is 0. The van der Waals surface area contributed by atoms with Crippen LogP contribution < -0.4 is 5.32 Å². The van der Waals surface area contributed by atoms with Gasteiger partial charge < -0.3 is 5.32 Å². The van der Waals surface area contributed by atoms with Crippen molar-refractivity contribution in [2.75, 3.05) is 7.05 Å². The molecule has 3 nitrogen and oxygen atoms in total. The maximum absolute atomic E-state index is 6.21. The van der Waals surface area contributed by atoms with Gasteiger partial charge in [-0.05, 0) is 42.7 Å². The molecular formula is C11H11BrClN3S. The van der Waals surface area contributed by atoms with Gasteiger partial charge in [-0.3, -0.25) is 0 Å². The molecular weight excluding hydrogens is 322 g/mol. The van der Waals surface area contributed by atoms with E-state index in [9.17, 15) is 0 Å². The largest absolute Gasteiger partial charge is 0.312 e. The molecule has 6 heteroatoms. The van der Waals surface area contributed by atoms with Gasteiger partial charge in [0.1, 0.15) is 0 Å². The molecule has 0 saturated carbocycles. The Bertz CT molecular complexity index is 489. The Balaban J connectivity index is 2.19. The number of hydrogen-bond donors (Lipinski definition) is 1. The van der Waals surface area contributed by atoms with Gasteiger partial charge in [0.2, 0.25) is 0 Å². The Morgan fingerprint density at radius 2 is 2.35 bits per heavy atom. The number of rotatable bonds is 4. The Hall–Kier alpha value is -0.490. The van der Waals surface area contributed by atoms with Crippen molar-refractivity contribution in [2.45, 2.75) is 12.5 Å². The molecule has 0 saturated heterocycles. The summed E-state index contributed by atoms with van der Waals surface area (Å²) in [6, 6.07) is 6.15. The number of benzene rings is 1. The number of nitrogens with zero attached hydrogens (tertiary/aromatic N) is 2. The standard InChI is InChI=1S/C11H11BrClN3S/c1-14-10(11-6-15-16-17-11)4-7-2-3-8(12)5-9(7)13/h2-3,5-6,10,14H,4H2,1H3. The Morgan fingerprint density at radius 1 is 1.53 bits per heavy atom. The molecule has 2 rings (SSSR count). The summed E-state index contributed by atoms with van der Waals surface area (Å²) in [5.41, 5.74) is 1.11. The minimum absolute atomic E-state index is 0.202. The molecule has 0 aliphatic carbocycles. The third-order valence-corrected chi connectivity index (χ3v) is 4.13. The van der Waals surface area contributed by atoms with E-state index in [2.05, 4.69) is 30.8 Å². The average molecular weight is 333 g/mol. The quantitative estimate of drug-likeness (QED) is 0.932. The Morgan fingerprint density at radius 3 is 2.94 bits per heavy atom. The highest BCUT2D eigenvalue weighted by atomic mass is 79.9. The number of nitrogens with one attached hydrogen (secondary N) is 1. The second-order valence-electron chi connectivity index (χ2n) is 3.60. The summed E-state index contributed by atoms with van der Waals surface area (Å²) in [7, 11) is 1.93. The predicted octanol–water partition coefficient (Wildman–Crippen LogP) is 3.46. The maximum Gasteiger partial charge on any atom is 0.0669 e. The number of hydrogen-bond acceptors (Lipinski definition) is 4. The molecule has 0 amide bonds. The molecule has 0 spiro atoms. The zero-order valence-corrected chi connectivity index (χ0v) is 12.3. The van der Waals surface area contributed by atoms with Gasteiger partial charge in [-0.15, -0.1) is 5.10 Å². The first kappa shape index (κ1) is 13.0. The van der Waals surface area contributed by atoms with Crippen LogP contribution in [0, 0.1) is 0 Å². The molecule has 90 valence electrons. The first-order valence-electron chi connectivity index (χ1n) is 5.09. The molecule has 1 atom stereocenters. The van der Waals surface area contributed by atoms with Crippen LogP contribution in [0.3, 0.4) is 0 Å². The van der Waals surface area contributed by atoms with E-state index in [0.717, 1.165) is 26.4 Å². The minimum Gasteiger partial charge on any atom is -0.312 e. The van der Waals surface area contributed by atoms with Gasteiger partial charge in [-0.25, -0.2) is 0 Å². The SMILES string of the molecule is CNC(Cc1ccc(Br)cc1Cl)c1cnns1. The lowest BCUT2D eigenvalue weighted by atomic mass is 10.1. The maximum atomic E-state index is 6.21. The molecule has 17 heavy (non-hydrogen) atoms. The second kappa shape index (κ2) is 5.91. The highest BCUT2D eigenvalue weighted by Crippen LogP contribution is 2.26. The van der Waals surface area contributed by atoms with Gasteiger partial charge in [0.25, 0.3) is 0 Å². The molecule has 1 aromatic carbocycles. The molecule has 0 bridgehead atoms. The van der Waals surface area contributed by atoms with Crippen LogP contribution in [0.4, 0.5) is 0 Å². The van der Waals surface area contributed by atoms with Crippen molar-refractivity contribution in [3.8, 4) is 0 Å². The molecule has 1 heterocycles. The van der Waals surface area contributed by atoms with Crippen LogP contribution in [0.5, 0.6) is 0 Å². The van der Waals surface area contributed by atoms with E-state index < -0.39 is 0 Å². The van der Waals surface area contributed by atoms with Crippen molar-refractivity contribution in [2.24, 2.45) is 0 Å². The summed E-state index contributed by atoms with van der Waals surface area (Å²) < 4.78 is 4.87. The first-order valence-corrected chi connectivity index (χ1v) is 7.03. The van der Waals surface area contributed by atoms with Crippen LogP contribution in [0.1, 0.15) is 16.5 Å². The van der Waals surface area contributed by atoms with Gasteiger partial charge in [0.05, 0.1) is 11.1 Å². The smallest absolute Gasteiger partial charge is 0.0669 e. The molecule has 0 fully saturated rings. The normalized spacial score (nSPS) is 12.6. The number of likely N-dealkylation sites (N-methyl/N-ethyl adjacent to an activating group) is 1. The van der Waals surface area contributed by atoms with Crippen LogP contribution >= 0.6 is 39.1 Å². The fourth-order valence-electron chi connectivity index (χ4n) is 1.58. The highest BCUT2D eigenvalue weighted by molar-refractivity contribution is 9.10. The van der Waals surface area contributed by atoms with Crippen LogP contribution in [0.15, 0.2) is 28.9 Å². The van der Waals surface area contributed by atoms with Gasteiger partial charge in [0.15, 0.2) is 0 Å². The lowest BCUT2D eigenvalue weighted by molar-refractivity contribution is 0.601. The molecule has 0 aliphatic rings. The third-order valence-electron chi connectivity index (χ3n) is 2.51. The van der Waals surface area contributed by atoms with Crippen LogP contribution in [0.25, 0.3) is 0 Å². The van der Waals surface area contributed by atoms with Crippen molar-refractivity contribution in [1.29, 1.82) is 0 Å². The molecule has 1 unspecified atom stereocenters. The zero-order chi connectivity index (χ0) is 12.3. The molecule has 1 N–H and O–H groups in total. The molecule has 0 aliphatic heterocycles. The van der Waals surface area contributed by atoms with Crippen molar-refractivity contribution in [1.82, 2.24) is 14.9 Å². The highest BCUT2D eigenvalue weighted by Gasteiger charge is 2.14. The van der Waals surface area contributed by atoms with E-state index in [1.54, 1.807) is 6.20 Å². The monoisotopic (exact) mass is 331 g/mol. The van der Waals surface area contributed by atoms with E-state index in [1.807, 2.05) is 25.2 Å². The van der Waals surface area contributed by atoms with E-state index in [0.29, 0.717) is 0 Å². The molecule has 0 radical (unpaired) electrons. The summed E-state index contributed by atoms with van der Waals surface area (Å²) in [4.78, 5) is 1.12. The minimum atomic E-state index is 0.202. The Labute approximate surface area is 117 Å². The zero-order valence-electron chi connectivity index (χ0n) is 9.15. The fourth-order valence-corrected chi connectivity index (χ4v) is 2.94. The third kappa shape index (κ3) is 3.25. The second-order valence-corrected chi connectivity index (χ2v) is 5.74. The van der Waals surface area contributed by atoms with Crippen molar-refractivity contribution in [3.05, 3.63) is 44.3 Å². The van der Waals surface area contributed by atoms with E-state index in [1.165, 1.54) is 11.5 Å². The summed E-state index contributed by atoms with van der Waals surface area (Å²) in [6.07, 6.45) is 2.62. The lowest BCUT2D eigenvalue weighted by Crippen LogP contribution is -2.17. The lowest BCUT2D eigenvalue weighted by Gasteiger charge is -2.14. The fraction of sp³-hybridized carbons (Fsp3) is 0.273. The van der Waals surface area contributed by atoms with Crippen LogP contribution in [0.2, 0.25) is 5.02 Å². The summed E-state index contributed by atoms with van der Waals surface area (Å²) in [5, 5.41) is 7.89. The number of aromatic nitrogens is 2. The van der Waals surface area contributed by atoms with Gasteiger partial charge in [-0.2, -0.15) is 0 Å². The topological polar surface area (TPSA) is 37.8 Å².